The first kappa shape index (κ1) is 29.9. The summed E-state index contributed by atoms with van der Waals surface area (Å²) in [4.78, 5) is 0. The Morgan fingerprint density at radius 3 is 1.83 bits per heavy atom. The Labute approximate surface area is 308 Å². The largest absolute Gasteiger partial charge is 0.387 e. The molecule has 0 bridgehead atoms. The van der Waals surface area contributed by atoms with Crippen LogP contribution in [-0.2, 0) is 6.54 Å². The minimum Gasteiger partial charge on any atom is -0.387 e. The molecule has 53 heavy (non-hydrogen) atoms. The van der Waals surface area contributed by atoms with Gasteiger partial charge in [-0.05, 0) is 91.5 Å². The Hall–Kier alpha value is -6.78. The summed E-state index contributed by atoms with van der Waals surface area (Å²) in [5.74, 6) is 0. The van der Waals surface area contributed by atoms with Gasteiger partial charge in [-0.1, -0.05) is 140 Å². The van der Waals surface area contributed by atoms with Gasteiger partial charge in [-0.25, -0.2) is 0 Å². The lowest BCUT2D eigenvalue weighted by atomic mass is 9.84. The number of fused-ring (bicyclic) bond motifs is 8. The number of hydrogen-bond donors (Lipinski definition) is 3. The van der Waals surface area contributed by atoms with Crippen molar-refractivity contribution in [2.24, 2.45) is 0 Å². The SMILES string of the molecule is C1=Cc2c(c3cc(C4C=Cc5ccc6c(c5N4)NC(c4c5ccccc5c(-c5ccccc5)c5ccccc45)C=C6)ccc3n2-c2ccccc2)CN1. The second kappa shape index (κ2) is 11.9. The maximum Gasteiger partial charge on any atom is 0.0714 e. The van der Waals surface area contributed by atoms with E-state index in [4.69, 9.17) is 0 Å². The molecule has 3 N–H and O–H groups in total. The quantitative estimate of drug-likeness (QED) is 0.162. The normalized spacial score (nSPS) is 16.8. The maximum atomic E-state index is 4.05. The Morgan fingerprint density at radius 2 is 1.13 bits per heavy atom. The van der Waals surface area contributed by atoms with Gasteiger partial charge in [0.15, 0.2) is 0 Å². The van der Waals surface area contributed by atoms with Crippen molar-refractivity contribution in [1.82, 2.24) is 9.88 Å². The van der Waals surface area contributed by atoms with Crippen LogP contribution >= 0.6 is 0 Å². The molecule has 3 aliphatic heterocycles. The summed E-state index contributed by atoms with van der Waals surface area (Å²) < 4.78 is 2.39. The highest BCUT2D eigenvalue weighted by Crippen LogP contribution is 2.47. The first-order valence-corrected chi connectivity index (χ1v) is 18.5. The standard InChI is InChI=1S/C49H36N4/c1-3-11-31(12-4-1)46-36-15-7-9-17-38(36)47(39-18-10-8-16-37(39)46)43-25-22-33-20-19-32-21-24-42(51-48(32)49(33)52-43)34-23-26-44-40(29-34)41-30-50-28-27-45(41)53(44)35-13-5-2-6-14-35/h1-29,42-43,50-52H,30H2. The summed E-state index contributed by atoms with van der Waals surface area (Å²) in [5.41, 5.74) is 14.7. The van der Waals surface area contributed by atoms with Crippen molar-refractivity contribution in [1.29, 1.82) is 0 Å². The molecular weight excluding hydrogens is 645 g/mol. The molecule has 4 heteroatoms. The van der Waals surface area contributed by atoms with Crippen LogP contribution in [0.1, 0.15) is 45.6 Å². The van der Waals surface area contributed by atoms with E-state index in [0.29, 0.717) is 0 Å². The third-order valence-corrected chi connectivity index (χ3v) is 11.3. The van der Waals surface area contributed by atoms with Gasteiger partial charge in [0, 0.05) is 23.2 Å². The highest BCUT2D eigenvalue weighted by Gasteiger charge is 2.27. The number of nitrogens with zero attached hydrogens (tertiary/aromatic N) is 1. The molecule has 0 fully saturated rings. The fourth-order valence-corrected chi connectivity index (χ4v) is 8.91. The predicted octanol–water partition coefficient (Wildman–Crippen LogP) is 12.0. The summed E-state index contributed by atoms with van der Waals surface area (Å²) in [6.45, 7) is 0.809. The third kappa shape index (κ3) is 4.69. The van der Waals surface area contributed by atoms with Crippen LogP contribution in [0, 0.1) is 0 Å². The zero-order valence-corrected chi connectivity index (χ0v) is 29.1. The lowest BCUT2D eigenvalue weighted by Crippen LogP contribution is -2.19. The fraction of sp³-hybridized carbons (Fsp3) is 0.0612. The first-order valence-electron chi connectivity index (χ1n) is 18.5. The number of anilines is 2. The second-order valence-corrected chi connectivity index (χ2v) is 14.2. The average Bonchev–Trinajstić information content (AvgIpc) is 3.56. The summed E-state index contributed by atoms with van der Waals surface area (Å²) in [5, 5.41) is 17.9. The summed E-state index contributed by atoms with van der Waals surface area (Å²) in [7, 11) is 0. The molecule has 4 heterocycles. The van der Waals surface area contributed by atoms with Crippen molar-refractivity contribution in [2.75, 3.05) is 10.6 Å². The topological polar surface area (TPSA) is 41.0 Å². The lowest BCUT2D eigenvalue weighted by Gasteiger charge is -2.31. The van der Waals surface area contributed by atoms with E-state index >= 15 is 0 Å². The van der Waals surface area contributed by atoms with Gasteiger partial charge >= 0.3 is 0 Å². The molecule has 0 radical (unpaired) electrons. The van der Waals surface area contributed by atoms with Crippen molar-refractivity contribution in [3.05, 3.63) is 191 Å². The smallest absolute Gasteiger partial charge is 0.0714 e. The van der Waals surface area contributed by atoms with Crippen molar-refractivity contribution < 1.29 is 0 Å². The van der Waals surface area contributed by atoms with Crippen LogP contribution in [0.4, 0.5) is 11.4 Å². The summed E-state index contributed by atoms with van der Waals surface area (Å²) in [6, 6.07) is 50.7. The molecule has 4 nitrogen and oxygen atoms in total. The zero-order chi connectivity index (χ0) is 34.9. The Bertz CT molecular complexity index is 2780. The van der Waals surface area contributed by atoms with E-state index in [1.165, 1.54) is 82.8 Å². The second-order valence-electron chi connectivity index (χ2n) is 14.2. The molecule has 3 aliphatic rings. The van der Waals surface area contributed by atoms with Gasteiger partial charge in [-0.3, -0.25) is 0 Å². The molecule has 2 unspecified atom stereocenters. The summed E-state index contributed by atoms with van der Waals surface area (Å²) in [6.07, 6.45) is 13.5. The molecule has 0 saturated heterocycles. The minimum absolute atomic E-state index is 0.0130. The van der Waals surface area contributed by atoms with E-state index in [9.17, 15) is 0 Å². The van der Waals surface area contributed by atoms with Crippen LogP contribution in [0.2, 0.25) is 0 Å². The molecule has 252 valence electrons. The number of benzene rings is 7. The minimum atomic E-state index is -0.0130. The van der Waals surface area contributed by atoms with E-state index in [0.717, 1.165) is 17.9 Å². The highest BCUT2D eigenvalue weighted by molar-refractivity contribution is 6.15. The van der Waals surface area contributed by atoms with Crippen LogP contribution in [0.25, 0.3) is 67.5 Å². The van der Waals surface area contributed by atoms with Crippen molar-refractivity contribution >= 4 is 62.1 Å². The molecule has 0 spiro atoms. The molecule has 7 aromatic carbocycles. The predicted molar refractivity (Wildman–Crippen MR) is 223 cm³/mol. The van der Waals surface area contributed by atoms with Crippen molar-refractivity contribution in [2.45, 2.75) is 18.6 Å². The van der Waals surface area contributed by atoms with Gasteiger partial charge in [0.2, 0.25) is 0 Å². The van der Waals surface area contributed by atoms with Gasteiger partial charge in [0.1, 0.15) is 0 Å². The maximum absolute atomic E-state index is 4.05. The number of aromatic nitrogens is 1. The lowest BCUT2D eigenvalue weighted by molar-refractivity contribution is 0.855. The molecule has 2 atom stereocenters. The van der Waals surface area contributed by atoms with Gasteiger partial charge in [0.25, 0.3) is 0 Å². The van der Waals surface area contributed by atoms with Crippen molar-refractivity contribution in [3.8, 4) is 16.8 Å². The van der Waals surface area contributed by atoms with Gasteiger partial charge in [0.05, 0.1) is 34.7 Å². The molecule has 8 aromatic rings. The molecule has 11 rings (SSSR count). The zero-order valence-electron chi connectivity index (χ0n) is 29.1. The van der Waals surface area contributed by atoms with E-state index in [1.54, 1.807) is 0 Å². The van der Waals surface area contributed by atoms with Crippen LogP contribution in [0.5, 0.6) is 0 Å². The van der Waals surface area contributed by atoms with Crippen LogP contribution < -0.4 is 16.0 Å². The van der Waals surface area contributed by atoms with E-state index in [1.807, 2.05) is 0 Å². The average molecular weight is 681 g/mol. The number of rotatable bonds is 4. The van der Waals surface area contributed by atoms with Gasteiger partial charge in [-0.15, -0.1) is 0 Å². The highest BCUT2D eigenvalue weighted by atomic mass is 15.0. The third-order valence-electron chi connectivity index (χ3n) is 11.3. The number of hydrogen-bond acceptors (Lipinski definition) is 3. The number of nitrogens with one attached hydrogen (secondary N) is 3. The van der Waals surface area contributed by atoms with Gasteiger partial charge < -0.3 is 20.5 Å². The Morgan fingerprint density at radius 1 is 0.528 bits per heavy atom. The van der Waals surface area contributed by atoms with E-state index in [2.05, 4.69) is 197 Å². The van der Waals surface area contributed by atoms with Crippen LogP contribution in [0.3, 0.4) is 0 Å². The van der Waals surface area contributed by atoms with Crippen LogP contribution in [0.15, 0.2) is 158 Å². The molecule has 0 saturated carbocycles. The van der Waals surface area contributed by atoms with E-state index in [-0.39, 0.29) is 12.1 Å². The molecular formula is C49H36N4. The molecule has 0 aliphatic carbocycles. The van der Waals surface area contributed by atoms with Crippen LogP contribution in [-0.4, -0.2) is 4.57 Å². The monoisotopic (exact) mass is 680 g/mol. The Balaban J connectivity index is 0.999. The molecule has 1 aromatic heterocycles. The molecule has 0 amide bonds. The Kier molecular flexibility index (Phi) is 6.71. The van der Waals surface area contributed by atoms with E-state index < -0.39 is 0 Å². The number of para-hydroxylation sites is 1. The van der Waals surface area contributed by atoms with Gasteiger partial charge in [-0.2, -0.15) is 0 Å². The first-order chi connectivity index (χ1) is 26.3. The van der Waals surface area contributed by atoms with Crippen molar-refractivity contribution in [3.63, 3.8) is 0 Å². The fourth-order valence-electron chi connectivity index (χ4n) is 8.91. The summed E-state index contributed by atoms with van der Waals surface area (Å²) >= 11 is 0.